The van der Waals surface area contributed by atoms with E-state index in [-0.39, 0.29) is 23.8 Å². The van der Waals surface area contributed by atoms with E-state index in [4.69, 9.17) is 0 Å². The molecule has 124 valence electrons. The summed E-state index contributed by atoms with van der Waals surface area (Å²) in [6.07, 6.45) is 4.12. The van der Waals surface area contributed by atoms with Gasteiger partial charge in [-0.15, -0.1) is 0 Å². The molecule has 0 aromatic heterocycles. The molecule has 2 fully saturated rings. The van der Waals surface area contributed by atoms with Gasteiger partial charge in [-0.25, -0.2) is 4.79 Å². The maximum absolute atomic E-state index is 11.7. The maximum Gasteiger partial charge on any atom is 0.317 e. The first-order valence-corrected chi connectivity index (χ1v) is 8.36. The fraction of sp³-hybridized carbons (Fsp3) is 0.812. The van der Waals surface area contributed by atoms with Gasteiger partial charge in [0, 0.05) is 38.5 Å². The molecule has 0 aliphatic carbocycles. The lowest BCUT2D eigenvalue weighted by molar-refractivity contribution is -0.139. The van der Waals surface area contributed by atoms with Gasteiger partial charge in [0.2, 0.25) is 11.8 Å². The van der Waals surface area contributed by atoms with Crippen LogP contribution in [0.15, 0.2) is 0 Å². The lowest BCUT2D eigenvalue weighted by Crippen LogP contribution is -2.52. The van der Waals surface area contributed by atoms with Crippen LogP contribution in [0.1, 0.15) is 46.0 Å². The molecule has 0 saturated carbocycles. The van der Waals surface area contributed by atoms with E-state index in [1.54, 1.807) is 0 Å². The van der Waals surface area contributed by atoms with Crippen molar-refractivity contribution >= 4 is 17.8 Å². The minimum Gasteiger partial charge on any atom is -0.338 e. The van der Waals surface area contributed by atoms with Crippen molar-refractivity contribution in [2.24, 2.45) is 11.8 Å². The molecule has 2 aliphatic heterocycles. The van der Waals surface area contributed by atoms with E-state index >= 15 is 0 Å². The normalized spacial score (nSPS) is 22.2. The number of nitrogens with zero attached hydrogens (tertiary/aromatic N) is 2. The Bertz CT molecular complexity index is 432. The SMILES string of the molecule is CC1CN(C(=O)NCCCCCCN2C(=O)CC(C)C2=O)C1. The third-order valence-corrected chi connectivity index (χ3v) is 4.41. The van der Waals surface area contributed by atoms with Crippen molar-refractivity contribution in [3.8, 4) is 0 Å². The lowest BCUT2D eigenvalue weighted by Gasteiger charge is -2.37. The number of hydrogen-bond acceptors (Lipinski definition) is 3. The number of urea groups is 1. The van der Waals surface area contributed by atoms with Gasteiger partial charge in [0.1, 0.15) is 0 Å². The monoisotopic (exact) mass is 309 g/mol. The van der Waals surface area contributed by atoms with Crippen LogP contribution in [0, 0.1) is 11.8 Å². The van der Waals surface area contributed by atoms with Gasteiger partial charge in [0.25, 0.3) is 0 Å². The van der Waals surface area contributed by atoms with Gasteiger partial charge in [-0.2, -0.15) is 0 Å². The van der Waals surface area contributed by atoms with Crippen LogP contribution in [0.3, 0.4) is 0 Å². The maximum atomic E-state index is 11.7. The molecule has 0 bridgehead atoms. The number of imide groups is 1. The molecule has 2 aliphatic rings. The van der Waals surface area contributed by atoms with E-state index < -0.39 is 0 Å². The van der Waals surface area contributed by atoms with Crippen LogP contribution in [0.4, 0.5) is 4.79 Å². The van der Waals surface area contributed by atoms with Gasteiger partial charge >= 0.3 is 6.03 Å². The summed E-state index contributed by atoms with van der Waals surface area (Å²) in [6, 6.07) is 0.0420. The summed E-state index contributed by atoms with van der Waals surface area (Å²) >= 11 is 0. The second kappa shape index (κ2) is 7.61. The molecule has 6 nitrogen and oxygen atoms in total. The number of carbonyl (C=O) groups is 3. The summed E-state index contributed by atoms with van der Waals surface area (Å²) in [6.45, 7) is 6.91. The zero-order valence-corrected chi connectivity index (χ0v) is 13.6. The van der Waals surface area contributed by atoms with E-state index in [0.29, 0.717) is 25.4 Å². The molecule has 6 heteroatoms. The van der Waals surface area contributed by atoms with Crippen LogP contribution in [0.5, 0.6) is 0 Å². The third kappa shape index (κ3) is 4.21. The first kappa shape index (κ1) is 16.8. The molecule has 2 saturated heterocycles. The Balaban J connectivity index is 1.47. The summed E-state index contributed by atoms with van der Waals surface area (Å²) in [7, 11) is 0. The number of carbonyl (C=O) groups excluding carboxylic acids is 3. The third-order valence-electron chi connectivity index (χ3n) is 4.41. The highest BCUT2D eigenvalue weighted by Gasteiger charge is 2.34. The summed E-state index contributed by atoms with van der Waals surface area (Å²) in [4.78, 5) is 38.2. The Morgan fingerprint density at radius 3 is 2.41 bits per heavy atom. The Hall–Kier alpha value is -1.59. The van der Waals surface area contributed by atoms with Crippen molar-refractivity contribution < 1.29 is 14.4 Å². The zero-order valence-electron chi connectivity index (χ0n) is 13.6. The predicted molar refractivity (Wildman–Crippen MR) is 83.1 cm³/mol. The van der Waals surface area contributed by atoms with Crippen LogP contribution < -0.4 is 5.32 Å². The van der Waals surface area contributed by atoms with E-state index in [9.17, 15) is 14.4 Å². The van der Waals surface area contributed by atoms with E-state index in [2.05, 4.69) is 12.2 Å². The highest BCUT2D eigenvalue weighted by molar-refractivity contribution is 6.03. The molecule has 1 unspecified atom stereocenters. The molecular weight excluding hydrogens is 282 g/mol. The highest BCUT2D eigenvalue weighted by Crippen LogP contribution is 2.19. The molecule has 4 amide bonds. The fourth-order valence-electron chi connectivity index (χ4n) is 3.00. The van der Waals surface area contributed by atoms with Crippen molar-refractivity contribution in [3.05, 3.63) is 0 Å². The minimum atomic E-state index is -0.146. The summed E-state index contributed by atoms with van der Waals surface area (Å²) in [5.74, 6) is 0.422. The fourth-order valence-corrected chi connectivity index (χ4v) is 3.00. The second-order valence-electron chi connectivity index (χ2n) is 6.65. The summed E-state index contributed by atoms with van der Waals surface area (Å²) in [5, 5.41) is 2.93. The standard InChI is InChI=1S/C16H27N3O3/c1-12-10-18(11-12)16(22)17-7-5-3-4-6-8-19-14(20)9-13(2)15(19)21/h12-13H,3-11H2,1-2H3,(H,17,22). The van der Waals surface area contributed by atoms with E-state index in [1.807, 2.05) is 11.8 Å². The average Bonchev–Trinajstić information content (AvgIpc) is 2.68. The molecule has 22 heavy (non-hydrogen) atoms. The molecule has 0 spiro atoms. The number of hydrogen-bond donors (Lipinski definition) is 1. The molecule has 2 heterocycles. The van der Waals surface area contributed by atoms with Crippen molar-refractivity contribution in [1.29, 1.82) is 0 Å². The van der Waals surface area contributed by atoms with Crippen molar-refractivity contribution in [2.45, 2.75) is 46.0 Å². The topological polar surface area (TPSA) is 69.7 Å². The largest absolute Gasteiger partial charge is 0.338 e. The number of nitrogens with one attached hydrogen (secondary N) is 1. The van der Waals surface area contributed by atoms with Crippen LogP contribution >= 0.6 is 0 Å². The average molecular weight is 309 g/mol. The van der Waals surface area contributed by atoms with Crippen LogP contribution in [0.2, 0.25) is 0 Å². The van der Waals surface area contributed by atoms with Gasteiger partial charge < -0.3 is 10.2 Å². The van der Waals surface area contributed by atoms with Gasteiger partial charge in [0.05, 0.1) is 0 Å². The second-order valence-corrected chi connectivity index (χ2v) is 6.65. The first-order valence-electron chi connectivity index (χ1n) is 8.36. The highest BCUT2D eigenvalue weighted by atomic mass is 16.2. The zero-order chi connectivity index (χ0) is 16.1. The summed E-state index contributed by atoms with van der Waals surface area (Å²) in [5.41, 5.74) is 0. The molecule has 1 N–H and O–H groups in total. The van der Waals surface area contributed by atoms with Crippen LogP contribution in [0.25, 0.3) is 0 Å². The molecular formula is C16H27N3O3. The Morgan fingerprint density at radius 1 is 1.14 bits per heavy atom. The van der Waals surface area contributed by atoms with Crippen LogP contribution in [-0.4, -0.2) is 53.8 Å². The van der Waals surface area contributed by atoms with Crippen molar-refractivity contribution in [1.82, 2.24) is 15.1 Å². The van der Waals surface area contributed by atoms with Gasteiger partial charge in [0.15, 0.2) is 0 Å². The predicted octanol–water partition coefficient (Wildman–Crippen LogP) is 1.60. The number of amides is 4. The Morgan fingerprint density at radius 2 is 1.82 bits per heavy atom. The molecule has 0 aromatic rings. The number of unbranched alkanes of at least 4 members (excludes halogenated alkanes) is 3. The Labute approximate surface area is 132 Å². The van der Waals surface area contributed by atoms with Gasteiger partial charge in [-0.1, -0.05) is 26.7 Å². The smallest absolute Gasteiger partial charge is 0.317 e. The molecule has 1 atom stereocenters. The molecule has 0 radical (unpaired) electrons. The van der Waals surface area contributed by atoms with E-state index in [1.165, 1.54) is 4.90 Å². The quantitative estimate of drug-likeness (QED) is 0.574. The minimum absolute atomic E-state index is 0.0268. The van der Waals surface area contributed by atoms with Crippen molar-refractivity contribution in [3.63, 3.8) is 0 Å². The molecule has 0 aromatic carbocycles. The van der Waals surface area contributed by atoms with E-state index in [0.717, 1.165) is 38.8 Å². The summed E-state index contributed by atoms with van der Waals surface area (Å²) < 4.78 is 0. The first-order chi connectivity index (χ1) is 10.5. The lowest BCUT2D eigenvalue weighted by atomic mass is 10.0. The molecule has 2 rings (SSSR count). The Kier molecular flexibility index (Phi) is 5.80. The number of rotatable bonds is 7. The van der Waals surface area contributed by atoms with Crippen LogP contribution in [-0.2, 0) is 9.59 Å². The van der Waals surface area contributed by atoms with Gasteiger partial charge in [-0.05, 0) is 18.8 Å². The number of likely N-dealkylation sites (tertiary alicyclic amines) is 2. The van der Waals surface area contributed by atoms with Gasteiger partial charge in [-0.3, -0.25) is 14.5 Å². The van der Waals surface area contributed by atoms with Crippen molar-refractivity contribution in [2.75, 3.05) is 26.2 Å².